The van der Waals surface area contributed by atoms with E-state index >= 15 is 0 Å². The highest BCUT2D eigenvalue weighted by Crippen LogP contribution is 2.61. The summed E-state index contributed by atoms with van der Waals surface area (Å²) in [6, 6.07) is 0. The number of allylic oxidation sites excluding steroid dienone is 4. The van der Waals surface area contributed by atoms with Crippen molar-refractivity contribution >= 4 is 17.3 Å². The topological polar surface area (TPSA) is 51.2 Å². The number of carbonyl (C=O) groups is 3. The molecule has 0 amide bonds. The van der Waals surface area contributed by atoms with E-state index in [1.807, 2.05) is 18.2 Å². The molecule has 0 aromatic heterocycles. The summed E-state index contributed by atoms with van der Waals surface area (Å²) in [5.74, 6) is -0.190. The molecule has 3 rings (SSSR count). The van der Waals surface area contributed by atoms with Crippen molar-refractivity contribution in [2.75, 3.05) is 0 Å². The molecule has 0 aromatic rings. The van der Waals surface area contributed by atoms with Gasteiger partial charge < -0.3 is 0 Å². The van der Waals surface area contributed by atoms with Gasteiger partial charge in [0.2, 0.25) is 0 Å². The minimum Gasteiger partial charge on any atom is -0.299 e. The van der Waals surface area contributed by atoms with Gasteiger partial charge >= 0.3 is 0 Å². The Labute approximate surface area is 99.6 Å². The molecule has 0 heterocycles. The number of rotatable bonds is 1. The van der Waals surface area contributed by atoms with Gasteiger partial charge in [0.1, 0.15) is 11.6 Å². The Morgan fingerprint density at radius 3 is 2.82 bits per heavy atom. The minimum atomic E-state index is -0.921. The van der Waals surface area contributed by atoms with Crippen molar-refractivity contribution < 1.29 is 14.4 Å². The van der Waals surface area contributed by atoms with E-state index in [-0.39, 0.29) is 28.7 Å². The molecule has 88 valence electrons. The van der Waals surface area contributed by atoms with Crippen LogP contribution in [0.15, 0.2) is 24.3 Å². The molecule has 0 aromatic carbocycles. The van der Waals surface area contributed by atoms with E-state index in [0.717, 1.165) is 0 Å². The zero-order chi connectivity index (χ0) is 12.3. The number of carbonyl (C=O) groups excluding carboxylic acids is 3. The molecule has 1 fully saturated rings. The van der Waals surface area contributed by atoms with Crippen molar-refractivity contribution in [3.05, 3.63) is 24.3 Å². The average Bonchev–Trinajstić information content (AvgIpc) is 2.42. The first-order valence-corrected chi connectivity index (χ1v) is 5.95. The number of hydrogen-bond acceptors (Lipinski definition) is 3. The van der Waals surface area contributed by atoms with Crippen molar-refractivity contribution in [2.24, 2.45) is 16.7 Å². The Bertz CT molecular complexity index is 500. The van der Waals surface area contributed by atoms with Gasteiger partial charge in [-0.1, -0.05) is 18.2 Å². The van der Waals surface area contributed by atoms with Crippen molar-refractivity contribution in [1.82, 2.24) is 0 Å². The van der Waals surface area contributed by atoms with Crippen molar-refractivity contribution in [3.8, 4) is 0 Å². The summed E-state index contributed by atoms with van der Waals surface area (Å²) in [4.78, 5) is 35.8. The number of hydrogen-bond donors (Lipinski definition) is 0. The standard InChI is InChI=1S/C14H14O3/c1-9(15)14-5-2-4-13(8-12(14)17)6-3-10(16)7-11(13)14/h2-4,6,11H,5,7-8H2,1H3/t11?,13-,14-/m1/s1. The molecule has 1 unspecified atom stereocenters. The third-order valence-electron chi connectivity index (χ3n) is 4.69. The molecule has 3 atom stereocenters. The van der Waals surface area contributed by atoms with E-state index in [2.05, 4.69) is 0 Å². The Balaban J connectivity index is 2.23. The zero-order valence-corrected chi connectivity index (χ0v) is 9.73. The summed E-state index contributed by atoms with van der Waals surface area (Å²) >= 11 is 0. The molecule has 0 saturated heterocycles. The van der Waals surface area contributed by atoms with Crippen molar-refractivity contribution in [2.45, 2.75) is 26.2 Å². The molecule has 3 aliphatic carbocycles. The van der Waals surface area contributed by atoms with E-state index in [9.17, 15) is 14.4 Å². The molecule has 1 saturated carbocycles. The van der Waals surface area contributed by atoms with Crippen molar-refractivity contribution in [3.63, 3.8) is 0 Å². The van der Waals surface area contributed by atoms with Gasteiger partial charge in [0, 0.05) is 18.3 Å². The summed E-state index contributed by atoms with van der Waals surface area (Å²) < 4.78 is 0. The minimum absolute atomic E-state index is 0.0133. The van der Waals surface area contributed by atoms with Crippen LogP contribution in [0.5, 0.6) is 0 Å². The SMILES string of the molecule is CC(=O)[C@]12CC=C[C@@]3(C=CC(=O)CC31)CC2=O. The van der Waals surface area contributed by atoms with Crippen molar-refractivity contribution in [1.29, 1.82) is 0 Å². The number of Topliss-reactive ketones (excluding diaryl/α,β-unsaturated/α-hetero) is 2. The van der Waals surface area contributed by atoms with Gasteiger partial charge in [-0.15, -0.1) is 0 Å². The fourth-order valence-electron chi connectivity index (χ4n) is 3.81. The summed E-state index contributed by atoms with van der Waals surface area (Å²) in [6.45, 7) is 1.48. The normalized spacial score (nSPS) is 42.8. The smallest absolute Gasteiger partial charge is 0.155 e. The van der Waals surface area contributed by atoms with E-state index < -0.39 is 5.41 Å². The lowest BCUT2D eigenvalue weighted by Gasteiger charge is -2.41. The Morgan fingerprint density at radius 1 is 1.35 bits per heavy atom. The highest BCUT2D eigenvalue weighted by molar-refractivity contribution is 6.10. The fraction of sp³-hybridized carbons (Fsp3) is 0.500. The second-order valence-corrected chi connectivity index (χ2v) is 5.40. The van der Waals surface area contributed by atoms with Crippen LogP contribution in [0.1, 0.15) is 26.2 Å². The van der Waals surface area contributed by atoms with Gasteiger partial charge in [-0.05, 0) is 25.3 Å². The zero-order valence-electron chi connectivity index (χ0n) is 9.73. The predicted molar refractivity (Wildman–Crippen MR) is 61.2 cm³/mol. The van der Waals surface area contributed by atoms with Crippen LogP contribution < -0.4 is 0 Å². The highest BCUT2D eigenvalue weighted by Gasteiger charge is 2.64. The first kappa shape index (κ1) is 10.6. The van der Waals surface area contributed by atoms with E-state index in [4.69, 9.17) is 0 Å². The van der Waals surface area contributed by atoms with E-state index in [1.165, 1.54) is 6.92 Å². The van der Waals surface area contributed by atoms with Crippen LogP contribution in [-0.4, -0.2) is 17.3 Å². The summed E-state index contributed by atoms with van der Waals surface area (Å²) in [5.41, 5.74) is -1.29. The monoisotopic (exact) mass is 230 g/mol. The largest absolute Gasteiger partial charge is 0.299 e. The van der Waals surface area contributed by atoms with Gasteiger partial charge in [0.25, 0.3) is 0 Å². The van der Waals surface area contributed by atoms with Gasteiger partial charge in [0.05, 0.1) is 5.41 Å². The first-order chi connectivity index (χ1) is 8.01. The van der Waals surface area contributed by atoms with E-state index in [1.54, 1.807) is 6.08 Å². The van der Waals surface area contributed by atoms with Crippen LogP contribution in [-0.2, 0) is 14.4 Å². The van der Waals surface area contributed by atoms with Gasteiger partial charge in [-0.25, -0.2) is 0 Å². The summed E-state index contributed by atoms with van der Waals surface area (Å²) in [6.07, 6.45) is 8.52. The third-order valence-corrected chi connectivity index (χ3v) is 4.69. The van der Waals surface area contributed by atoms with Crippen LogP contribution in [0.3, 0.4) is 0 Å². The fourth-order valence-corrected chi connectivity index (χ4v) is 3.81. The first-order valence-electron chi connectivity index (χ1n) is 5.95. The molecule has 3 heteroatoms. The van der Waals surface area contributed by atoms with Gasteiger partial charge in [-0.3, -0.25) is 14.4 Å². The predicted octanol–water partition coefficient (Wildman–Crippen LogP) is 1.63. The Morgan fingerprint density at radius 2 is 2.12 bits per heavy atom. The number of ketones is 3. The average molecular weight is 230 g/mol. The molecule has 0 aliphatic heterocycles. The van der Waals surface area contributed by atoms with Crippen LogP contribution in [0.2, 0.25) is 0 Å². The summed E-state index contributed by atoms with van der Waals surface area (Å²) in [7, 11) is 0. The Kier molecular flexibility index (Phi) is 1.90. The molecule has 3 aliphatic rings. The van der Waals surface area contributed by atoms with Gasteiger partial charge in [0.15, 0.2) is 5.78 Å². The third kappa shape index (κ3) is 1.09. The van der Waals surface area contributed by atoms with Crippen LogP contribution in [0, 0.1) is 16.7 Å². The molecule has 17 heavy (non-hydrogen) atoms. The quantitative estimate of drug-likeness (QED) is 0.508. The second-order valence-electron chi connectivity index (χ2n) is 5.40. The molecular weight excluding hydrogens is 216 g/mol. The maximum absolute atomic E-state index is 12.3. The molecule has 0 spiro atoms. The second kappa shape index (κ2) is 3.03. The maximum Gasteiger partial charge on any atom is 0.155 e. The lowest BCUT2D eigenvalue weighted by molar-refractivity contribution is -0.140. The van der Waals surface area contributed by atoms with Crippen LogP contribution >= 0.6 is 0 Å². The van der Waals surface area contributed by atoms with Gasteiger partial charge in [-0.2, -0.15) is 0 Å². The molecule has 3 nitrogen and oxygen atoms in total. The molecule has 0 radical (unpaired) electrons. The van der Waals surface area contributed by atoms with E-state index in [0.29, 0.717) is 19.3 Å². The Hall–Kier alpha value is -1.51. The maximum atomic E-state index is 12.3. The molecule has 2 bridgehead atoms. The summed E-state index contributed by atoms with van der Waals surface area (Å²) in [5, 5.41) is 0. The van der Waals surface area contributed by atoms with Crippen LogP contribution in [0.4, 0.5) is 0 Å². The molecule has 0 N–H and O–H groups in total. The lowest BCUT2D eigenvalue weighted by Crippen LogP contribution is -2.45. The molecular formula is C14H14O3. The lowest BCUT2D eigenvalue weighted by atomic mass is 9.59. The highest BCUT2D eigenvalue weighted by atomic mass is 16.2. The van der Waals surface area contributed by atoms with Crippen LogP contribution in [0.25, 0.3) is 0 Å².